The van der Waals surface area contributed by atoms with Crippen molar-refractivity contribution < 1.29 is 19.7 Å². The third kappa shape index (κ3) is 1.92. The maximum absolute atomic E-state index is 9.26. The van der Waals surface area contributed by atoms with Gasteiger partial charge in [0.2, 0.25) is 0 Å². The largest absolute Gasteiger partial charge is 0.493 e. The van der Waals surface area contributed by atoms with Gasteiger partial charge in [0.25, 0.3) is 0 Å². The van der Waals surface area contributed by atoms with Gasteiger partial charge in [-0.05, 0) is 6.08 Å². The highest BCUT2D eigenvalue weighted by molar-refractivity contribution is 4.96. The van der Waals surface area contributed by atoms with Crippen molar-refractivity contribution in [2.45, 2.75) is 18.3 Å². The first-order chi connectivity index (χ1) is 5.25. The van der Waals surface area contributed by atoms with Gasteiger partial charge in [-0.25, -0.2) is 0 Å². The molecule has 4 nitrogen and oxygen atoms in total. The molecule has 0 aromatic carbocycles. The normalized spacial score (nSPS) is 36.8. The van der Waals surface area contributed by atoms with E-state index in [1.165, 1.54) is 19.4 Å². The van der Waals surface area contributed by atoms with Crippen molar-refractivity contribution in [3.8, 4) is 0 Å². The monoisotopic (exact) mass is 160 g/mol. The lowest BCUT2D eigenvalue weighted by molar-refractivity contribution is -0.0869. The van der Waals surface area contributed by atoms with Crippen molar-refractivity contribution in [2.75, 3.05) is 13.7 Å². The van der Waals surface area contributed by atoms with Gasteiger partial charge >= 0.3 is 0 Å². The molecule has 0 aliphatic carbocycles. The third-order valence-electron chi connectivity index (χ3n) is 1.59. The molecule has 1 rings (SSSR count). The van der Waals surface area contributed by atoms with Crippen LogP contribution in [0, 0.1) is 0 Å². The SMILES string of the molecule is COC[C@H]1OC=C[C@@H](O)[C@@H]1O. The fourth-order valence-electron chi connectivity index (χ4n) is 0.943. The Morgan fingerprint density at radius 1 is 1.55 bits per heavy atom. The highest BCUT2D eigenvalue weighted by atomic mass is 16.5. The van der Waals surface area contributed by atoms with Gasteiger partial charge in [-0.15, -0.1) is 0 Å². The highest BCUT2D eigenvalue weighted by Crippen LogP contribution is 2.11. The van der Waals surface area contributed by atoms with Crippen LogP contribution >= 0.6 is 0 Å². The van der Waals surface area contributed by atoms with Crippen molar-refractivity contribution in [1.82, 2.24) is 0 Å². The zero-order chi connectivity index (χ0) is 8.27. The zero-order valence-electron chi connectivity index (χ0n) is 6.30. The van der Waals surface area contributed by atoms with E-state index in [9.17, 15) is 5.11 Å². The van der Waals surface area contributed by atoms with Crippen LogP contribution in [0.3, 0.4) is 0 Å². The number of ether oxygens (including phenoxy) is 2. The summed E-state index contributed by atoms with van der Waals surface area (Å²) in [6, 6.07) is 0. The Morgan fingerprint density at radius 3 is 2.91 bits per heavy atom. The summed E-state index contributed by atoms with van der Waals surface area (Å²) >= 11 is 0. The molecule has 0 fully saturated rings. The van der Waals surface area contributed by atoms with E-state index in [1.54, 1.807) is 0 Å². The Bertz CT molecular complexity index is 145. The highest BCUT2D eigenvalue weighted by Gasteiger charge is 2.28. The topological polar surface area (TPSA) is 58.9 Å². The fraction of sp³-hybridized carbons (Fsp3) is 0.714. The number of aliphatic hydroxyl groups is 2. The van der Waals surface area contributed by atoms with E-state index in [-0.39, 0.29) is 6.61 Å². The summed E-state index contributed by atoms with van der Waals surface area (Å²) in [6.07, 6.45) is 0.585. The molecule has 0 saturated heterocycles. The summed E-state index contributed by atoms with van der Waals surface area (Å²) in [5.41, 5.74) is 0. The molecule has 1 aliphatic heterocycles. The second kappa shape index (κ2) is 3.71. The van der Waals surface area contributed by atoms with Crippen LogP contribution in [0.15, 0.2) is 12.3 Å². The van der Waals surface area contributed by atoms with Gasteiger partial charge in [-0.3, -0.25) is 0 Å². The Morgan fingerprint density at radius 2 is 2.27 bits per heavy atom. The smallest absolute Gasteiger partial charge is 0.150 e. The minimum Gasteiger partial charge on any atom is -0.493 e. The summed E-state index contributed by atoms with van der Waals surface area (Å²) in [4.78, 5) is 0. The molecule has 2 N–H and O–H groups in total. The van der Waals surface area contributed by atoms with E-state index >= 15 is 0 Å². The summed E-state index contributed by atoms with van der Waals surface area (Å²) in [7, 11) is 1.51. The van der Waals surface area contributed by atoms with Gasteiger partial charge in [0, 0.05) is 7.11 Å². The summed E-state index contributed by atoms with van der Waals surface area (Å²) in [5.74, 6) is 0. The molecule has 3 atom stereocenters. The van der Waals surface area contributed by atoms with Crippen LogP contribution in [0.4, 0.5) is 0 Å². The van der Waals surface area contributed by atoms with Gasteiger partial charge < -0.3 is 19.7 Å². The lowest BCUT2D eigenvalue weighted by Crippen LogP contribution is -2.42. The van der Waals surface area contributed by atoms with E-state index in [0.29, 0.717) is 0 Å². The Hall–Kier alpha value is -0.580. The van der Waals surface area contributed by atoms with Crippen molar-refractivity contribution in [2.24, 2.45) is 0 Å². The maximum atomic E-state index is 9.26. The summed E-state index contributed by atoms with van der Waals surface area (Å²) in [6.45, 7) is 0.280. The third-order valence-corrected chi connectivity index (χ3v) is 1.59. The molecule has 0 unspecified atom stereocenters. The first-order valence-electron chi connectivity index (χ1n) is 3.43. The van der Waals surface area contributed by atoms with Crippen LogP contribution in [0.2, 0.25) is 0 Å². The summed E-state index contributed by atoms with van der Waals surface area (Å²) < 4.78 is 9.76. The average molecular weight is 160 g/mol. The van der Waals surface area contributed by atoms with Crippen LogP contribution in [-0.2, 0) is 9.47 Å². The van der Waals surface area contributed by atoms with Crippen molar-refractivity contribution in [1.29, 1.82) is 0 Å². The molecule has 0 amide bonds. The lowest BCUT2D eigenvalue weighted by Gasteiger charge is -2.27. The second-order valence-electron chi connectivity index (χ2n) is 2.44. The molecule has 4 heteroatoms. The molecular weight excluding hydrogens is 148 g/mol. The molecule has 0 aromatic rings. The van der Waals surface area contributed by atoms with E-state index in [2.05, 4.69) is 0 Å². The predicted molar refractivity (Wildman–Crippen MR) is 37.9 cm³/mol. The molecular formula is C7H12O4. The fourth-order valence-corrected chi connectivity index (χ4v) is 0.943. The van der Waals surface area contributed by atoms with Crippen LogP contribution < -0.4 is 0 Å². The Labute approximate surface area is 65.0 Å². The predicted octanol–water partition coefficient (Wildman–Crippen LogP) is -0.733. The van der Waals surface area contributed by atoms with Crippen LogP contribution in [0.1, 0.15) is 0 Å². The summed E-state index contributed by atoms with van der Waals surface area (Å²) in [5, 5.41) is 18.4. The Balaban J connectivity index is 2.48. The van der Waals surface area contributed by atoms with E-state index < -0.39 is 18.3 Å². The van der Waals surface area contributed by atoms with E-state index in [0.717, 1.165) is 0 Å². The molecule has 1 aliphatic rings. The number of methoxy groups -OCH3 is 1. The number of hydrogen-bond acceptors (Lipinski definition) is 4. The molecule has 0 aromatic heterocycles. The second-order valence-corrected chi connectivity index (χ2v) is 2.44. The first-order valence-corrected chi connectivity index (χ1v) is 3.43. The molecule has 0 spiro atoms. The van der Waals surface area contributed by atoms with Crippen LogP contribution in [0.5, 0.6) is 0 Å². The van der Waals surface area contributed by atoms with Gasteiger partial charge in [0.1, 0.15) is 18.3 Å². The zero-order valence-corrected chi connectivity index (χ0v) is 6.30. The molecule has 0 saturated carbocycles. The lowest BCUT2D eigenvalue weighted by atomic mass is 10.1. The number of hydrogen-bond donors (Lipinski definition) is 2. The first kappa shape index (κ1) is 8.52. The molecule has 11 heavy (non-hydrogen) atoms. The van der Waals surface area contributed by atoms with E-state index in [4.69, 9.17) is 14.6 Å². The van der Waals surface area contributed by atoms with Gasteiger partial charge in [-0.1, -0.05) is 0 Å². The van der Waals surface area contributed by atoms with E-state index in [1.807, 2.05) is 0 Å². The van der Waals surface area contributed by atoms with Crippen LogP contribution in [-0.4, -0.2) is 42.2 Å². The molecule has 0 bridgehead atoms. The molecule has 64 valence electrons. The quantitative estimate of drug-likeness (QED) is 0.559. The van der Waals surface area contributed by atoms with Crippen molar-refractivity contribution in [3.05, 3.63) is 12.3 Å². The van der Waals surface area contributed by atoms with Gasteiger partial charge in [-0.2, -0.15) is 0 Å². The minimum absolute atomic E-state index is 0.280. The van der Waals surface area contributed by atoms with Gasteiger partial charge in [0.05, 0.1) is 12.9 Å². The average Bonchev–Trinajstić information content (AvgIpc) is 1.99. The minimum atomic E-state index is -0.889. The van der Waals surface area contributed by atoms with Crippen LogP contribution in [0.25, 0.3) is 0 Å². The standard InChI is InChI=1S/C7H12O4/c1-10-4-6-7(9)5(8)2-3-11-6/h2-3,5-9H,4H2,1H3/t5-,6-,7+/m1/s1. The van der Waals surface area contributed by atoms with Gasteiger partial charge in [0.15, 0.2) is 0 Å². The number of aliphatic hydroxyl groups excluding tert-OH is 2. The van der Waals surface area contributed by atoms with Crippen molar-refractivity contribution >= 4 is 0 Å². The molecule has 0 radical (unpaired) electrons. The number of rotatable bonds is 2. The molecule has 1 heterocycles. The maximum Gasteiger partial charge on any atom is 0.150 e. The Kier molecular flexibility index (Phi) is 2.87. The van der Waals surface area contributed by atoms with Crippen molar-refractivity contribution in [3.63, 3.8) is 0 Å².